The van der Waals surface area contributed by atoms with Crippen molar-refractivity contribution in [1.82, 2.24) is 4.57 Å². The number of hydrogen-bond acceptors (Lipinski definition) is 7. The van der Waals surface area contributed by atoms with E-state index in [0.717, 1.165) is 26.6 Å². The number of thioether (sulfide) groups is 2. The van der Waals surface area contributed by atoms with Crippen molar-refractivity contribution >= 4 is 62.0 Å². The Kier molecular flexibility index (Phi) is 9.69. The molecule has 2 aromatic carbocycles. The first-order chi connectivity index (χ1) is 16.0. The van der Waals surface area contributed by atoms with E-state index in [0.29, 0.717) is 23.6 Å². The van der Waals surface area contributed by atoms with E-state index in [1.807, 2.05) is 30.3 Å². The fourth-order valence-corrected chi connectivity index (χ4v) is 7.04. The number of halogens is 1. The third-order valence-corrected chi connectivity index (χ3v) is 8.47. The number of aliphatic hydroxyl groups is 2. The highest BCUT2D eigenvalue weighted by molar-refractivity contribution is 9.10. The van der Waals surface area contributed by atoms with Crippen LogP contribution in [0.25, 0.3) is 10.9 Å². The van der Waals surface area contributed by atoms with Crippen molar-refractivity contribution in [2.24, 2.45) is 5.16 Å². The number of fused-ring (bicyclic) bond motifs is 1. The molecule has 1 aromatic heterocycles. The molecule has 3 N–H and O–H groups in total. The van der Waals surface area contributed by atoms with Gasteiger partial charge in [0.25, 0.3) is 0 Å². The summed E-state index contributed by atoms with van der Waals surface area (Å²) in [5.74, 6) is -0.0111. The van der Waals surface area contributed by atoms with E-state index in [9.17, 15) is 20.1 Å². The van der Waals surface area contributed by atoms with Gasteiger partial charge >= 0.3 is 5.97 Å². The number of aliphatic hydroxyl groups excluding tert-OH is 2. The Bertz CT molecular complexity index is 1130. The smallest absolute Gasteiger partial charge is 0.358 e. The molecule has 0 amide bonds. The van der Waals surface area contributed by atoms with Gasteiger partial charge in [-0.1, -0.05) is 47.6 Å². The van der Waals surface area contributed by atoms with Crippen LogP contribution in [0.4, 0.5) is 0 Å². The topological polar surface area (TPSA) is 104 Å². The summed E-state index contributed by atoms with van der Waals surface area (Å²) in [5, 5.41) is 33.2. The van der Waals surface area contributed by atoms with Crippen LogP contribution < -0.4 is 0 Å². The molecule has 0 atom stereocenters. The van der Waals surface area contributed by atoms with E-state index in [-0.39, 0.29) is 23.5 Å². The zero-order chi connectivity index (χ0) is 23.8. The maximum atomic E-state index is 11.8. The van der Waals surface area contributed by atoms with Crippen LogP contribution in [-0.2, 0) is 16.2 Å². The summed E-state index contributed by atoms with van der Waals surface area (Å²) in [7, 11) is 1.32. The van der Waals surface area contributed by atoms with Gasteiger partial charge in [0.05, 0.1) is 22.4 Å². The van der Waals surface area contributed by atoms with Gasteiger partial charge in [-0.05, 0) is 27.6 Å². The first kappa shape index (κ1) is 25.6. The molecule has 0 saturated carbocycles. The van der Waals surface area contributed by atoms with E-state index in [2.05, 4.69) is 31.7 Å². The molecule has 0 radical (unpaired) electrons. The molecule has 0 spiro atoms. The molecule has 176 valence electrons. The quantitative estimate of drug-likeness (QED) is 0.174. The van der Waals surface area contributed by atoms with Gasteiger partial charge in [0.2, 0.25) is 0 Å². The fourth-order valence-electron chi connectivity index (χ4n) is 3.57. The summed E-state index contributed by atoms with van der Waals surface area (Å²) in [4.78, 5) is 16.6. The number of carbonyl (C=O) groups is 1. The van der Waals surface area contributed by atoms with Gasteiger partial charge in [0.1, 0.15) is 7.11 Å². The van der Waals surface area contributed by atoms with Crippen LogP contribution in [0, 0.1) is 0 Å². The number of aliphatic carboxylic acids is 1. The Labute approximate surface area is 208 Å². The summed E-state index contributed by atoms with van der Waals surface area (Å²) in [6, 6.07) is 15.3. The minimum Gasteiger partial charge on any atom is -0.476 e. The second-order valence-electron chi connectivity index (χ2n) is 6.91. The lowest BCUT2D eigenvalue weighted by atomic mass is 10.0. The Morgan fingerprint density at radius 1 is 1.09 bits per heavy atom. The zero-order valence-electron chi connectivity index (χ0n) is 18.0. The minimum absolute atomic E-state index is 0.00435. The van der Waals surface area contributed by atoms with Crippen molar-refractivity contribution in [3.63, 3.8) is 0 Å². The van der Waals surface area contributed by atoms with E-state index >= 15 is 0 Å². The minimum atomic E-state index is -1.16. The number of carboxylic acid groups (broad SMARTS) is 1. The van der Waals surface area contributed by atoms with Crippen LogP contribution >= 0.6 is 39.5 Å². The van der Waals surface area contributed by atoms with Crippen molar-refractivity contribution in [3.8, 4) is 0 Å². The lowest BCUT2D eigenvalue weighted by molar-refractivity contribution is -0.129. The fraction of sp³-hybridized carbons (Fsp3) is 0.304. The molecule has 0 aliphatic rings. The molecule has 7 nitrogen and oxygen atoms in total. The third-order valence-electron chi connectivity index (χ3n) is 4.89. The standard InChI is InChI=1S/C23H25BrN2O5S2/c1-31-25-20(22(29)30)16-7-3-2-6-15(16)14-26-18-9-5-4-8-17(18)19(21(26)24)23(32-12-10-27)33-13-11-28/h2-9,23,27-28H,10-14H2,1H3,(H,29,30). The number of nitrogens with zero attached hydrogens (tertiary/aromatic N) is 2. The summed E-state index contributed by atoms with van der Waals surface area (Å²) in [5.41, 5.74) is 3.18. The Hall–Kier alpha value is -1.98. The highest BCUT2D eigenvalue weighted by Gasteiger charge is 2.25. The third kappa shape index (κ3) is 5.93. The van der Waals surface area contributed by atoms with Crippen molar-refractivity contribution in [3.05, 3.63) is 69.8 Å². The maximum absolute atomic E-state index is 11.8. The lowest BCUT2D eigenvalue weighted by Crippen LogP contribution is -2.18. The Balaban J connectivity index is 2.12. The highest BCUT2D eigenvalue weighted by atomic mass is 79.9. The highest BCUT2D eigenvalue weighted by Crippen LogP contribution is 2.47. The van der Waals surface area contributed by atoms with Gasteiger partial charge < -0.3 is 24.7 Å². The molecule has 3 rings (SSSR count). The SMILES string of the molecule is CON=C(C(=O)O)c1ccccc1Cn1c(Br)c(C(SCCO)SCCO)c2ccccc21. The largest absolute Gasteiger partial charge is 0.476 e. The van der Waals surface area contributed by atoms with Gasteiger partial charge in [0, 0.05) is 40.1 Å². The van der Waals surface area contributed by atoms with Crippen LogP contribution in [-0.4, -0.2) is 63.4 Å². The first-order valence-electron chi connectivity index (χ1n) is 10.2. The number of benzene rings is 2. The molecule has 3 aromatic rings. The normalized spacial score (nSPS) is 12.0. The van der Waals surface area contributed by atoms with Crippen LogP contribution in [0.1, 0.15) is 21.3 Å². The van der Waals surface area contributed by atoms with E-state index in [1.54, 1.807) is 35.7 Å². The molecule has 10 heteroatoms. The Morgan fingerprint density at radius 3 is 2.36 bits per heavy atom. The number of oxime groups is 1. The summed E-state index contributed by atoms with van der Waals surface area (Å²) in [6.07, 6.45) is 0. The number of hydrogen-bond donors (Lipinski definition) is 3. The predicted octanol–water partition coefficient (Wildman–Crippen LogP) is 4.34. The van der Waals surface area contributed by atoms with Gasteiger partial charge in [-0.2, -0.15) is 0 Å². The predicted molar refractivity (Wildman–Crippen MR) is 138 cm³/mol. The van der Waals surface area contributed by atoms with E-state index < -0.39 is 5.97 Å². The number of rotatable bonds is 12. The maximum Gasteiger partial charge on any atom is 0.358 e. The van der Waals surface area contributed by atoms with Crippen molar-refractivity contribution in [2.75, 3.05) is 31.8 Å². The lowest BCUT2D eigenvalue weighted by Gasteiger charge is -2.17. The molecule has 33 heavy (non-hydrogen) atoms. The molecule has 1 heterocycles. The van der Waals surface area contributed by atoms with Gasteiger partial charge in [-0.3, -0.25) is 0 Å². The van der Waals surface area contributed by atoms with Gasteiger partial charge in [-0.25, -0.2) is 4.79 Å². The molecular weight excluding hydrogens is 528 g/mol. The monoisotopic (exact) mass is 552 g/mol. The second-order valence-corrected chi connectivity index (χ2v) is 10.4. The molecule has 0 aliphatic heterocycles. The van der Waals surface area contributed by atoms with Crippen molar-refractivity contribution < 1.29 is 25.0 Å². The van der Waals surface area contributed by atoms with Crippen LogP contribution in [0.5, 0.6) is 0 Å². The van der Waals surface area contributed by atoms with Gasteiger partial charge in [0.15, 0.2) is 5.71 Å². The average molecular weight is 554 g/mol. The second kappa shape index (κ2) is 12.5. The molecule has 0 unspecified atom stereocenters. The molecule has 0 fully saturated rings. The first-order valence-corrected chi connectivity index (χ1v) is 13.1. The van der Waals surface area contributed by atoms with E-state index in [1.165, 1.54) is 7.11 Å². The van der Waals surface area contributed by atoms with Crippen LogP contribution in [0.15, 0.2) is 58.3 Å². The Morgan fingerprint density at radius 2 is 1.73 bits per heavy atom. The number of carboxylic acids is 1. The summed E-state index contributed by atoms with van der Waals surface area (Å²) < 4.78 is 2.98. The van der Waals surface area contributed by atoms with Crippen molar-refractivity contribution in [1.29, 1.82) is 0 Å². The molecular formula is C23H25BrN2O5S2. The van der Waals surface area contributed by atoms with Crippen molar-refractivity contribution in [2.45, 2.75) is 11.1 Å². The molecule has 0 bridgehead atoms. The summed E-state index contributed by atoms with van der Waals surface area (Å²) in [6.45, 7) is 0.553. The number of para-hydroxylation sites is 1. The van der Waals surface area contributed by atoms with Crippen LogP contribution in [0.2, 0.25) is 0 Å². The zero-order valence-corrected chi connectivity index (χ0v) is 21.2. The summed E-state index contributed by atoms with van der Waals surface area (Å²) >= 11 is 7.05. The van der Waals surface area contributed by atoms with Crippen LogP contribution in [0.3, 0.4) is 0 Å². The number of aromatic nitrogens is 1. The van der Waals surface area contributed by atoms with E-state index in [4.69, 9.17) is 4.84 Å². The van der Waals surface area contributed by atoms with Gasteiger partial charge in [-0.15, -0.1) is 23.5 Å². The average Bonchev–Trinajstić information content (AvgIpc) is 3.09. The molecule has 0 saturated heterocycles. The molecule has 0 aliphatic carbocycles.